The predicted molar refractivity (Wildman–Crippen MR) is 99.9 cm³/mol. The summed E-state index contributed by atoms with van der Waals surface area (Å²) in [5.74, 6) is 0.948. The van der Waals surface area contributed by atoms with Gasteiger partial charge in [0.15, 0.2) is 0 Å². The summed E-state index contributed by atoms with van der Waals surface area (Å²) in [6, 6.07) is 24.8. The lowest BCUT2D eigenvalue weighted by Crippen LogP contribution is -2.02. The van der Waals surface area contributed by atoms with Crippen LogP contribution >= 0.6 is 0 Å². The molecule has 0 saturated carbocycles. The Morgan fingerprint density at radius 2 is 1.71 bits per heavy atom. The standard InChI is InChI=1S/C21H19N3/c1-15-9-11-16(12-10-15)14-24-20-8-3-2-7-19(20)23-21(24)17-5-4-6-18(22)13-17/h2-13H,14,22H2,1H3. The van der Waals surface area contributed by atoms with Crippen molar-refractivity contribution < 1.29 is 0 Å². The average Bonchev–Trinajstić information content (AvgIpc) is 2.96. The van der Waals surface area contributed by atoms with Crippen molar-refractivity contribution in [3.8, 4) is 11.4 Å². The summed E-state index contributed by atoms with van der Waals surface area (Å²) in [4.78, 5) is 4.85. The number of nitrogens with zero attached hydrogens (tertiary/aromatic N) is 2. The first kappa shape index (κ1) is 14.5. The molecule has 0 atom stereocenters. The van der Waals surface area contributed by atoms with Crippen molar-refractivity contribution in [2.24, 2.45) is 0 Å². The summed E-state index contributed by atoms with van der Waals surface area (Å²) in [5, 5.41) is 0. The van der Waals surface area contributed by atoms with Crippen molar-refractivity contribution in [3.63, 3.8) is 0 Å². The topological polar surface area (TPSA) is 43.8 Å². The molecule has 0 aliphatic rings. The van der Waals surface area contributed by atoms with Gasteiger partial charge in [0.05, 0.1) is 11.0 Å². The van der Waals surface area contributed by atoms with Crippen molar-refractivity contribution in [3.05, 3.63) is 83.9 Å². The number of rotatable bonds is 3. The molecule has 0 bridgehead atoms. The maximum atomic E-state index is 5.97. The summed E-state index contributed by atoms with van der Waals surface area (Å²) in [6.45, 7) is 2.89. The fourth-order valence-electron chi connectivity index (χ4n) is 3.01. The minimum Gasteiger partial charge on any atom is -0.399 e. The molecule has 0 aliphatic heterocycles. The summed E-state index contributed by atoms with van der Waals surface area (Å²) in [6.07, 6.45) is 0. The first-order valence-corrected chi connectivity index (χ1v) is 8.07. The van der Waals surface area contributed by atoms with E-state index in [2.05, 4.69) is 60.0 Å². The molecule has 4 rings (SSSR count). The van der Waals surface area contributed by atoms with Crippen molar-refractivity contribution in [2.75, 3.05) is 5.73 Å². The minimum atomic E-state index is 0.751. The van der Waals surface area contributed by atoms with Crippen LogP contribution in [-0.2, 0) is 6.54 Å². The lowest BCUT2D eigenvalue weighted by molar-refractivity contribution is 0.834. The Morgan fingerprint density at radius 1 is 0.917 bits per heavy atom. The normalized spacial score (nSPS) is 11.0. The van der Waals surface area contributed by atoms with Crippen LogP contribution in [0.5, 0.6) is 0 Å². The number of para-hydroxylation sites is 2. The number of hydrogen-bond donors (Lipinski definition) is 1. The van der Waals surface area contributed by atoms with Crippen molar-refractivity contribution in [1.82, 2.24) is 9.55 Å². The lowest BCUT2D eigenvalue weighted by Gasteiger charge is -2.10. The monoisotopic (exact) mass is 313 g/mol. The molecule has 24 heavy (non-hydrogen) atoms. The smallest absolute Gasteiger partial charge is 0.141 e. The van der Waals surface area contributed by atoms with Crippen LogP contribution in [0.25, 0.3) is 22.4 Å². The van der Waals surface area contributed by atoms with E-state index in [1.54, 1.807) is 0 Å². The van der Waals surface area contributed by atoms with E-state index in [0.717, 1.165) is 34.7 Å². The third kappa shape index (κ3) is 2.65. The van der Waals surface area contributed by atoms with Gasteiger partial charge in [0.25, 0.3) is 0 Å². The number of hydrogen-bond acceptors (Lipinski definition) is 2. The Hall–Kier alpha value is -3.07. The molecule has 0 fully saturated rings. The van der Waals surface area contributed by atoms with E-state index in [0.29, 0.717) is 0 Å². The van der Waals surface area contributed by atoms with E-state index in [4.69, 9.17) is 10.7 Å². The molecule has 3 nitrogen and oxygen atoms in total. The first-order chi connectivity index (χ1) is 11.7. The molecule has 0 saturated heterocycles. The highest BCUT2D eigenvalue weighted by molar-refractivity contribution is 5.81. The maximum absolute atomic E-state index is 5.97. The molecule has 0 spiro atoms. The van der Waals surface area contributed by atoms with Gasteiger partial charge in [0.1, 0.15) is 5.82 Å². The van der Waals surface area contributed by atoms with Gasteiger partial charge in [-0.2, -0.15) is 0 Å². The Bertz CT molecular complexity index is 997. The molecular formula is C21H19N3. The molecule has 0 aliphatic carbocycles. The Balaban J connectivity index is 1.88. The van der Waals surface area contributed by atoms with Crippen molar-refractivity contribution >= 4 is 16.7 Å². The number of aryl methyl sites for hydroxylation is 1. The second-order valence-electron chi connectivity index (χ2n) is 6.12. The van der Waals surface area contributed by atoms with Crippen LogP contribution in [0.1, 0.15) is 11.1 Å². The molecule has 0 unspecified atom stereocenters. The fourth-order valence-corrected chi connectivity index (χ4v) is 3.01. The van der Waals surface area contributed by atoms with Crippen LogP contribution < -0.4 is 5.73 Å². The van der Waals surface area contributed by atoms with E-state index in [1.165, 1.54) is 11.1 Å². The highest BCUT2D eigenvalue weighted by atomic mass is 15.1. The molecule has 0 radical (unpaired) electrons. The second-order valence-corrected chi connectivity index (χ2v) is 6.12. The van der Waals surface area contributed by atoms with Gasteiger partial charge in [-0.15, -0.1) is 0 Å². The van der Waals surface area contributed by atoms with E-state index in [1.807, 2.05) is 24.3 Å². The number of anilines is 1. The average molecular weight is 313 g/mol. The third-order valence-corrected chi connectivity index (χ3v) is 4.26. The van der Waals surface area contributed by atoms with Gasteiger partial charge in [-0.1, -0.05) is 54.1 Å². The van der Waals surface area contributed by atoms with Gasteiger partial charge in [-0.3, -0.25) is 0 Å². The quantitative estimate of drug-likeness (QED) is 0.560. The SMILES string of the molecule is Cc1ccc(Cn2c(-c3cccc(N)c3)nc3ccccc32)cc1. The number of imidazole rings is 1. The molecule has 1 aromatic heterocycles. The van der Waals surface area contributed by atoms with Gasteiger partial charge in [0.2, 0.25) is 0 Å². The van der Waals surface area contributed by atoms with E-state index >= 15 is 0 Å². The number of aromatic nitrogens is 2. The molecule has 2 N–H and O–H groups in total. The summed E-state index contributed by atoms with van der Waals surface area (Å²) in [5.41, 5.74) is 12.4. The minimum absolute atomic E-state index is 0.751. The number of nitrogen functional groups attached to an aromatic ring is 1. The summed E-state index contributed by atoms with van der Waals surface area (Å²) < 4.78 is 2.26. The van der Waals surface area contributed by atoms with E-state index in [9.17, 15) is 0 Å². The van der Waals surface area contributed by atoms with Gasteiger partial charge in [0, 0.05) is 17.8 Å². The highest BCUT2D eigenvalue weighted by Crippen LogP contribution is 2.27. The molecule has 1 heterocycles. The van der Waals surface area contributed by atoms with Crippen LogP contribution in [0, 0.1) is 6.92 Å². The molecule has 4 aromatic rings. The third-order valence-electron chi connectivity index (χ3n) is 4.26. The molecule has 118 valence electrons. The molecule has 3 aromatic carbocycles. The fraction of sp³-hybridized carbons (Fsp3) is 0.0952. The number of benzene rings is 3. The van der Waals surface area contributed by atoms with Crippen molar-refractivity contribution in [2.45, 2.75) is 13.5 Å². The first-order valence-electron chi connectivity index (χ1n) is 8.07. The largest absolute Gasteiger partial charge is 0.399 e. The van der Waals surface area contributed by atoms with Gasteiger partial charge < -0.3 is 10.3 Å². The zero-order valence-corrected chi connectivity index (χ0v) is 13.6. The lowest BCUT2D eigenvalue weighted by atomic mass is 10.1. The summed E-state index contributed by atoms with van der Waals surface area (Å²) in [7, 11) is 0. The zero-order chi connectivity index (χ0) is 16.5. The highest BCUT2D eigenvalue weighted by Gasteiger charge is 2.13. The molecule has 3 heteroatoms. The number of fused-ring (bicyclic) bond motifs is 1. The molecular weight excluding hydrogens is 294 g/mol. The van der Waals surface area contributed by atoms with Crippen molar-refractivity contribution in [1.29, 1.82) is 0 Å². The zero-order valence-electron chi connectivity index (χ0n) is 13.6. The van der Waals surface area contributed by atoms with Crippen LogP contribution in [0.2, 0.25) is 0 Å². The van der Waals surface area contributed by atoms with Crippen LogP contribution in [0.4, 0.5) is 5.69 Å². The van der Waals surface area contributed by atoms with Gasteiger partial charge in [-0.05, 0) is 36.8 Å². The van der Waals surface area contributed by atoms with E-state index < -0.39 is 0 Å². The van der Waals surface area contributed by atoms with Crippen LogP contribution in [0.15, 0.2) is 72.8 Å². The van der Waals surface area contributed by atoms with Gasteiger partial charge >= 0.3 is 0 Å². The van der Waals surface area contributed by atoms with Crippen LogP contribution in [0.3, 0.4) is 0 Å². The predicted octanol–water partition coefficient (Wildman–Crippen LogP) is 4.64. The Kier molecular flexibility index (Phi) is 3.54. The summed E-state index contributed by atoms with van der Waals surface area (Å²) >= 11 is 0. The maximum Gasteiger partial charge on any atom is 0.141 e. The number of nitrogens with two attached hydrogens (primary N) is 1. The van der Waals surface area contributed by atoms with Gasteiger partial charge in [-0.25, -0.2) is 4.98 Å². The molecule has 0 amide bonds. The Morgan fingerprint density at radius 3 is 2.50 bits per heavy atom. The second kappa shape index (κ2) is 5.85. The van der Waals surface area contributed by atoms with E-state index in [-0.39, 0.29) is 0 Å². The Labute approximate surface area is 141 Å². The van der Waals surface area contributed by atoms with Crippen LogP contribution in [-0.4, -0.2) is 9.55 Å².